The van der Waals surface area contributed by atoms with Crippen molar-refractivity contribution in [3.05, 3.63) is 101 Å². The van der Waals surface area contributed by atoms with Crippen molar-refractivity contribution in [3.8, 4) is 0 Å². The summed E-state index contributed by atoms with van der Waals surface area (Å²) in [6, 6.07) is 26.9. The molecule has 3 aromatic carbocycles. The molecule has 33 heavy (non-hydrogen) atoms. The minimum atomic E-state index is -0.503. The Morgan fingerprint density at radius 1 is 0.939 bits per heavy atom. The van der Waals surface area contributed by atoms with E-state index in [0.717, 1.165) is 23.2 Å². The Morgan fingerprint density at radius 2 is 1.61 bits per heavy atom. The molecule has 1 atom stereocenters. The third kappa shape index (κ3) is 6.46. The maximum atomic E-state index is 13.2. The first kappa shape index (κ1) is 23.1. The molecule has 1 fully saturated rings. The molecule has 1 N–H and O–H groups in total. The van der Waals surface area contributed by atoms with Gasteiger partial charge in [-0.1, -0.05) is 84.0 Å². The second-order valence-corrected chi connectivity index (χ2v) is 9.28. The third-order valence-electron chi connectivity index (χ3n) is 5.20. The highest BCUT2D eigenvalue weighted by Gasteiger charge is 2.39. The minimum absolute atomic E-state index is 0.108. The van der Waals surface area contributed by atoms with Gasteiger partial charge in [-0.25, -0.2) is 4.99 Å². The zero-order valence-corrected chi connectivity index (χ0v) is 19.6. The summed E-state index contributed by atoms with van der Waals surface area (Å²) in [5, 5.41) is 3.68. The van der Waals surface area contributed by atoms with Crippen LogP contribution in [0.2, 0.25) is 5.02 Å². The van der Waals surface area contributed by atoms with E-state index < -0.39 is 5.25 Å². The topological polar surface area (TPSA) is 61.8 Å². The predicted molar refractivity (Wildman–Crippen MR) is 135 cm³/mol. The summed E-state index contributed by atoms with van der Waals surface area (Å²) < 4.78 is 0. The van der Waals surface area contributed by atoms with Crippen molar-refractivity contribution >= 4 is 46.0 Å². The number of amides is 2. The van der Waals surface area contributed by atoms with E-state index in [0.29, 0.717) is 23.3 Å². The van der Waals surface area contributed by atoms with Crippen molar-refractivity contribution in [2.45, 2.75) is 24.6 Å². The van der Waals surface area contributed by atoms with E-state index in [1.807, 2.05) is 72.8 Å². The van der Waals surface area contributed by atoms with Crippen molar-refractivity contribution in [1.29, 1.82) is 0 Å². The number of para-hydroxylation sites is 1. The normalized spacial score (nSPS) is 16.9. The number of thioether (sulfide) groups is 1. The van der Waals surface area contributed by atoms with E-state index in [-0.39, 0.29) is 18.2 Å². The quantitative estimate of drug-likeness (QED) is 0.483. The molecule has 1 unspecified atom stereocenters. The monoisotopic (exact) mass is 477 g/mol. The first-order valence-electron chi connectivity index (χ1n) is 10.8. The van der Waals surface area contributed by atoms with Gasteiger partial charge in [-0.15, -0.1) is 0 Å². The maximum Gasteiger partial charge on any atom is 0.242 e. The lowest BCUT2D eigenvalue weighted by atomic mass is 10.1. The van der Waals surface area contributed by atoms with Gasteiger partial charge in [-0.3, -0.25) is 14.5 Å². The Balaban J connectivity index is 1.43. The number of carbonyl (C=O) groups excluding carboxylic acids is 2. The lowest BCUT2D eigenvalue weighted by Crippen LogP contribution is -2.34. The number of amidine groups is 1. The molecular formula is C26H24ClN3O2S. The Hall–Kier alpha value is -3.09. The Kier molecular flexibility index (Phi) is 7.81. The average Bonchev–Trinajstić information content (AvgIpc) is 3.10. The summed E-state index contributed by atoms with van der Waals surface area (Å²) in [6.07, 6.45) is 0.866. The van der Waals surface area contributed by atoms with Gasteiger partial charge in [0, 0.05) is 18.0 Å². The van der Waals surface area contributed by atoms with Crippen molar-refractivity contribution in [3.63, 3.8) is 0 Å². The molecule has 7 heteroatoms. The summed E-state index contributed by atoms with van der Waals surface area (Å²) >= 11 is 7.34. The van der Waals surface area contributed by atoms with Crippen LogP contribution in [0.5, 0.6) is 0 Å². The fourth-order valence-corrected chi connectivity index (χ4v) is 4.77. The highest BCUT2D eigenvalue weighted by molar-refractivity contribution is 8.15. The smallest absolute Gasteiger partial charge is 0.242 e. The molecule has 1 aliphatic rings. The number of halogens is 1. The van der Waals surface area contributed by atoms with Gasteiger partial charge in [0.15, 0.2) is 5.17 Å². The third-order valence-corrected chi connectivity index (χ3v) is 6.63. The number of nitrogens with zero attached hydrogens (tertiary/aromatic N) is 2. The fraction of sp³-hybridized carbons (Fsp3) is 0.192. The van der Waals surface area contributed by atoms with Gasteiger partial charge in [-0.2, -0.15) is 0 Å². The highest BCUT2D eigenvalue weighted by Crippen LogP contribution is 2.33. The van der Waals surface area contributed by atoms with Crippen LogP contribution in [0, 0.1) is 0 Å². The highest BCUT2D eigenvalue weighted by atomic mass is 35.5. The molecule has 1 saturated heterocycles. The summed E-state index contributed by atoms with van der Waals surface area (Å²) in [5.41, 5.74) is 2.87. The van der Waals surface area contributed by atoms with Gasteiger partial charge in [0.05, 0.1) is 12.2 Å². The van der Waals surface area contributed by atoms with Crippen molar-refractivity contribution in [2.75, 3.05) is 6.54 Å². The molecule has 0 aliphatic carbocycles. The van der Waals surface area contributed by atoms with E-state index >= 15 is 0 Å². The number of hydrogen-bond donors (Lipinski definition) is 1. The SMILES string of the molecule is O=C(CC1SC(=Nc2ccccc2)N(Cc2ccc(Cl)cc2)C1=O)NCCc1ccccc1. The number of rotatable bonds is 8. The molecule has 0 radical (unpaired) electrons. The van der Waals surface area contributed by atoms with Crippen LogP contribution in [-0.4, -0.2) is 33.7 Å². The molecule has 0 aromatic heterocycles. The zero-order valence-electron chi connectivity index (χ0n) is 18.0. The largest absolute Gasteiger partial charge is 0.356 e. The van der Waals surface area contributed by atoms with Crippen LogP contribution >= 0.6 is 23.4 Å². The molecule has 1 heterocycles. The van der Waals surface area contributed by atoms with Gasteiger partial charge in [-0.05, 0) is 41.8 Å². The molecule has 1 aliphatic heterocycles. The molecule has 168 valence electrons. The van der Waals surface area contributed by atoms with E-state index in [9.17, 15) is 9.59 Å². The Bertz CT molecular complexity index is 1120. The molecule has 3 aromatic rings. The second kappa shape index (κ2) is 11.2. The van der Waals surface area contributed by atoms with Crippen molar-refractivity contribution in [2.24, 2.45) is 4.99 Å². The van der Waals surface area contributed by atoms with E-state index in [1.54, 1.807) is 17.0 Å². The van der Waals surface area contributed by atoms with Crippen LogP contribution in [0.15, 0.2) is 89.9 Å². The Labute approximate surface area is 202 Å². The molecule has 5 nitrogen and oxygen atoms in total. The lowest BCUT2D eigenvalue weighted by molar-refractivity contribution is -0.129. The van der Waals surface area contributed by atoms with E-state index in [1.165, 1.54) is 11.8 Å². The molecule has 4 rings (SSSR count). The number of nitrogens with one attached hydrogen (secondary N) is 1. The summed E-state index contributed by atoms with van der Waals surface area (Å²) in [6.45, 7) is 0.911. The summed E-state index contributed by atoms with van der Waals surface area (Å²) in [7, 11) is 0. The lowest BCUT2D eigenvalue weighted by Gasteiger charge is -2.16. The second-order valence-electron chi connectivity index (χ2n) is 7.68. The molecule has 0 saturated carbocycles. The average molecular weight is 478 g/mol. The first-order valence-corrected chi connectivity index (χ1v) is 12.0. The number of hydrogen-bond acceptors (Lipinski definition) is 4. The summed E-state index contributed by atoms with van der Waals surface area (Å²) in [4.78, 5) is 32.1. The first-order chi connectivity index (χ1) is 16.1. The molecule has 2 amide bonds. The van der Waals surface area contributed by atoms with Gasteiger partial charge in [0.25, 0.3) is 0 Å². The van der Waals surface area contributed by atoms with Crippen molar-refractivity contribution < 1.29 is 9.59 Å². The molecule has 0 bridgehead atoms. The van der Waals surface area contributed by atoms with Crippen LogP contribution < -0.4 is 5.32 Å². The maximum absolute atomic E-state index is 13.2. The van der Waals surface area contributed by atoms with Gasteiger partial charge >= 0.3 is 0 Å². The number of carbonyl (C=O) groups is 2. The molecular weight excluding hydrogens is 454 g/mol. The minimum Gasteiger partial charge on any atom is -0.356 e. The van der Waals surface area contributed by atoms with Gasteiger partial charge < -0.3 is 5.32 Å². The number of aliphatic imine (C=N–C) groups is 1. The van der Waals surface area contributed by atoms with E-state index in [4.69, 9.17) is 11.6 Å². The van der Waals surface area contributed by atoms with Gasteiger partial charge in [0.2, 0.25) is 11.8 Å². The van der Waals surface area contributed by atoms with Crippen LogP contribution in [0.1, 0.15) is 17.5 Å². The fourth-order valence-electron chi connectivity index (χ4n) is 3.49. The van der Waals surface area contributed by atoms with Crippen LogP contribution in [0.3, 0.4) is 0 Å². The molecule has 0 spiro atoms. The van der Waals surface area contributed by atoms with Crippen molar-refractivity contribution in [1.82, 2.24) is 10.2 Å². The van der Waals surface area contributed by atoms with Crippen LogP contribution in [0.4, 0.5) is 5.69 Å². The van der Waals surface area contributed by atoms with Crippen LogP contribution in [0.25, 0.3) is 0 Å². The van der Waals surface area contributed by atoms with Crippen LogP contribution in [-0.2, 0) is 22.6 Å². The van der Waals surface area contributed by atoms with Gasteiger partial charge in [0.1, 0.15) is 5.25 Å². The predicted octanol–water partition coefficient (Wildman–Crippen LogP) is 5.22. The summed E-state index contributed by atoms with van der Waals surface area (Å²) in [5.74, 6) is -0.243. The Morgan fingerprint density at radius 3 is 2.30 bits per heavy atom. The standard InChI is InChI=1S/C26H24ClN3O2S/c27-21-13-11-20(12-14-21)18-30-25(32)23(33-26(30)29-22-9-5-2-6-10-22)17-24(31)28-16-15-19-7-3-1-4-8-19/h1-14,23H,15-18H2,(H,28,31). The number of benzene rings is 3. The zero-order chi connectivity index (χ0) is 23.0. The van der Waals surface area contributed by atoms with E-state index in [2.05, 4.69) is 10.3 Å².